The molecule has 0 saturated carbocycles. The molecule has 2 aromatic carbocycles. The number of aromatic nitrogens is 2. The van der Waals surface area contributed by atoms with Crippen molar-refractivity contribution < 1.29 is 9.53 Å². The highest BCUT2D eigenvalue weighted by atomic mass is 16.5. The van der Waals surface area contributed by atoms with Crippen LogP contribution in [0.1, 0.15) is 54.6 Å². The average Bonchev–Trinajstić information content (AvgIpc) is 3.23. The van der Waals surface area contributed by atoms with Crippen molar-refractivity contribution in [2.45, 2.75) is 44.8 Å². The summed E-state index contributed by atoms with van der Waals surface area (Å²) in [5.41, 5.74) is 3.48. The van der Waals surface area contributed by atoms with E-state index in [2.05, 4.69) is 18.0 Å². The maximum absolute atomic E-state index is 13.2. The number of rotatable bonds is 2. The van der Waals surface area contributed by atoms with E-state index in [0.717, 1.165) is 35.2 Å². The lowest BCUT2D eigenvalue weighted by atomic mass is 9.96. The molecule has 1 fully saturated rings. The second-order valence-electron chi connectivity index (χ2n) is 8.18. The number of carbonyl (C=O) groups is 1. The van der Waals surface area contributed by atoms with Crippen LogP contribution in [0.4, 0.5) is 0 Å². The number of fused-ring (bicyclic) bond motifs is 2. The van der Waals surface area contributed by atoms with Gasteiger partial charge in [-0.25, -0.2) is 4.79 Å². The number of nitrogens with zero attached hydrogens (tertiary/aromatic N) is 2. The molecule has 2 aliphatic heterocycles. The summed E-state index contributed by atoms with van der Waals surface area (Å²) >= 11 is 0. The SMILES string of the molecule is C[C@H]1Oc2c(C(=O)N3CCC(n4c(=O)[nH]c5ccccc54)CC3)cccc2[C@@H]1C. The molecule has 0 aliphatic carbocycles. The Hall–Kier alpha value is -3.02. The third kappa shape index (κ3) is 2.85. The summed E-state index contributed by atoms with van der Waals surface area (Å²) in [6, 6.07) is 13.7. The lowest BCUT2D eigenvalue weighted by Crippen LogP contribution is -2.40. The maximum atomic E-state index is 13.2. The molecule has 29 heavy (non-hydrogen) atoms. The van der Waals surface area contributed by atoms with Gasteiger partial charge in [-0.3, -0.25) is 9.36 Å². The molecule has 2 aliphatic rings. The fourth-order valence-electron chi connectivity index (χ4n) is 4.69. The van der Waals surface area contributed by atoms with Gasteiger partial charge < -0.3 is 14.6 Å². The zero-order chi connectivity index (χ0) is 20.1. The van der Waals surface area contributed by atoms with Gasteiger partial charge in [0, 0.05) is 30.6 Å². The first-order valence-corrected chi connectivity index (χ1v) is 10.3. The van der Waals surface area contributed by atoms with Gasteiger partial charge in [-0.05, 0) is 38.0 Å². The normalized spacial score (nSPS) is 21.9. The van der Waals surface area contributed by atoms with Gasteiger partial charge >= 0.3 is 5.69 Å². The van der Waals surface area contributed by atoms with Crippen molar-refractivity contribution in [3.05, 3.63) is 64.1 Å². The summed E-state index contributed by atoms with van der Waals surface area (Å²) in [5, 5.41) is 0. The number of H-pyrrole nitrogens is 1. The number of carbonyl (C=O) groups excluding carboxylic acids is 1. The Bertz CT molecular complexity index is 1140. The van der Waals surface area contributed by atoms with Crippen molar-refractivity contribution in [1.82, 2.24) is 14.5 Å². The Morgan fingerprint density at radius 1 is 1.07 bits per heavy atom. The van der Waals surface area contributed by atoms with Crippen LogP contribution in [0.25, 0.3) is 11.0 Å². The molecule has 1 N–H and O–H groups in total. The van der Waals surface area contributed by atoms with Crippen LogP contribution in [0, 0.1) is 0 Å². The second kappa shape index (κ2) is 6.79. The third-order valence-electron chi connectivity index (χ3n) is 6.52. The summed E-state index contributed by atoms with van der Waals surface area (Å²) in [5.74, 6) is 1.05. The van der Waals surface area contributed by atoms with Gasteiger partial charge in [-0.2, -0.15) is 0 Å². The quantitative estimate of drug-likeness (QED) is 0.724. The lowest BCUT2D eigenvalue weighted by Gasteiger charge is -2.33. The first kappa shape index (κ1) is 18.0. The highest BCUT2D eigenvalue weighted by molar-refractivity contribution is 5.97. The molecule has 5 rings (SSSR count). The summed E-state index contributed by atoms with van der Waals surface area (Å²) in [6.45, 7) is 5.44. The molecule has 0 bridgehead atoms. The van der Waals surface area contributed by atoms with Crippen LogP contribution in [0.15, 0.2) is 47.3 Å². The molecule has 3 heterocycles. The molecule has 6 nitrogen and oxygen atoms in total. The molecule has 150 valence electrons. The number of imidazole rings is 1. The van der Waals surface area contributed by atoms with Crippen molar-refractivity contribution >= 4 is 16.9 Å². The number of nitrogens with one attached hydrogen (secondary N) is 1. The number of benzene rings is 2. The molecule has 2 atom stereocenters. The first-order chi connectivity index (χ1) is 14.0. The van der Waals surface area contributed by atoms with E-state index in [1.54, 1.807) is 0 Å². The Morgan fingerprint density at radius 2 is 1.83 bits per heavy atom. The number of likely N-dealkylation sites (tertiary alicyclic amines) is 1. The molecule has 1 saturated heterocycles. The summed E-state index contributed by atoms with van der Waals surface area (Å²) < 4.78 is 7.86. The molecule has 3 aromatic rings. The monoisotopic (exact) mass is 391 g/mol. The predicted octanol–water partition coefficient (Wildman–Crippen LogP) is 3.69. The van der Waals surface area contributed by atoms with Crippen LogP contribution in [-0.4, -0.2) is 39.6 Å². The number of hydrogen-bond acceptors (Lipinski definition) is 3. The van der Waals surface area contributed by atoms with Crippen molar-refractivity contribution in [2.75, 3.05) is 13.1 Å². The van der Waals surface area contributed by atoms with Crippen LogP contribution in [0.3, 0.4) is 0 Å². The minimum absolute atomic E-state index is 0.0212. The van der Waals surface area contributed by atoms with E-state index < -0.39 is 0 Å². The van der Waals surface area contributed by atoms with Crippen LogP contribution in [0.2, 0.25) is 0 Å². The number of hydrogen-bond donors (Lipinski definition) is 1. The topological polar surface area (TPSA) is 67.3 Å². The molecule has 6 heteroatoms. The zero-order valence-corrected chi connectivity index (χ0v) is 16.7. The highest BCUT2D eigenvalue weighted by Crippen LogP contribution is 2.41. The molecule has 1 aromatic heterocycles. The highest BCUT2D eigenvalue weighted by Gasteiger charge is 2.33. The van der Waals surface area contributed by atoms with E-state index in [1.165, 1.54) is 0 Å². The van der Waals surface area contributed by atoms with Crippen molar-refractivity contribution in [1.29, 1.82) is 0 Å². The van der Waals surface area contributed by atoms with E-state index >= 15 is 0 Å². The number of aromatic amines is 1. The Morgan fingerprint density at radius 3 is 2.62 bits per heavy atom. The van der Waals surface area contributed by atoms with Crippen LogP contribution >= 0.6 is 0 Å². The van der Waals surface area contributed by atoms with Gasteiger partial charge in [0.15, 0.2) is 0 Å². The molecule has 0 unspecified atom stereocenters. The zero-order valence-electron chi connectivity index (χ0n) is 16.7. The van der Waals surface area contributed by atoms with Crippen molar-refractivity contribution in [2.24, 2.45) is 0 Å². The van der Waals surface area contributed by atoms with Gasteiger partial charge in [0.05, 0.1) is 16.6 Å². The van der Waals surface area contributed by atoms with E-state index in [4.69, 9.17) is 4.74 Å². The Balaban J connectivity index is 1.36. The number of ether oxygens (including phenoxy) is 1. The van der Waals surface area contributed by atoms with E-state index in [1.807, 2.05) is 52.8 Å². The summed E-state index contributed by atoms with van der Waals surface area (Å²) in [6.07, 6.45) is 1.60. The average molecular weight is 391 g/mol. The van der Waals surface area contributed by atoms with E-state index in [0.29, 0.717) is 18.7 Å². The van der Waals surface area contributed by atoms with E-state index in [-0.39, 0.29) is 29.7 Å². The van der Waals surface area contributed by atoms with Gasteiger partial charge in [0.1, 0.15) is 11.9 Å². The van der Waals surface area contributed by atoms with Gasteiger partial charge in [0.2, 0.25) is 0 Å². The van der Waals surface area contributed by atoms with Gasteiger partial charge in [-0.15, -0.1) is 0 Å². The van der Waals surface area contributed by atoms with Gasteiger partial charge in [0.25, 0.3) is 5.91 Å². The molecular formula is C23H25N3O3. The third-order valence-corrected chi connectivity index (χ3v) is 6.52. The van der Waals surface area contributed by atoms with Crippen molar-refractivity contribution in [3.8, 4) is 5.75 Å². The number of para-hydroxylation sites is 3. The van der Waals surface area contributed by atoms with Crippen molar-refractivity contribution in [3.63, 3.8) is 0 Å². The largest absolute Gasteiger partial charge is 0.489 e. The predicted molar refractivity (Wildman–Crippen MR) is 112 cm³/mol. The second-order valence-corrected chi connectivity index (χ2v) is 8.18. The fraction of sp³-hybridized carbons (Fsp3) is 0.391. The lowest BCUT2D eigenvalue weighted by molar-refractivity contribution is 0.0690. The van der Waals surface area contributed by atoms with Crippen LogP contribution in [-0.2, 0) is 0 Å². The summed E-state index contributed by atoms with van der Waals surface area (Å²) in [7, 11) is 0. The smallest absolute Gasteiger partial charge is 0.326 e. The minimum atomic E-state index is -0.0757. The minimum Gasteiger partial charge on any atom is -0.489 e. The van der Waals surface area contributed by atoms with Gasteiger partial charge in [-0.1, -0.05) is 31.2 Å². The van der Waals surface area contributed by atoms with Crippen LogP contribution in [0.5, 0.6) is 5.75 Å². The number of piperidine rings is 1. The first-order valence-electron chi connectivity index (χ1n) is 10.3. The molecular weight excluding hydrogens is 366 g/mol. The molecule has 1 amide bonds. The van der Waals surface area contributed by atoms with E-state index in [9.17, 15) is 9.59 Å². The van der Waals surface area contributed by atoms with Crippen LogP contribution < -0.4 is 10.4 Å². The Labute approximate surface area is 169 Å². The summed E-state index contributed by atoms with van der Waals surface area (Å²) in [4.78, 5) is 30.5. The standard InChI is InChI=1S/C23H25N3O3/c1-14-15(2)29-21-17(14)6-5-7-18(21)22(27)25-12-10-16(11-13-25)26-20-9-4-3-8-19(20)24-23(26)28/h3-9,14-16H,10-13H2,1-2H3,(H,24,28)/t14-,15-/m1/s1. The molecule has 0 spiro atoms. The fourth-order valence-corrected chi connectivity index (χ4v) is 4.69. The Kier molecular flexibility index (Phi) is 4.23. The molecule has 0 radical (unpaired) electrons. The maximum Gasteiger partial charge on any atom is 0.326 e. The number of amides is 1.